The van der Waals surface area contributed by atoms with Gasteiger partial charge in [0, 0.05) is 11.1 Å². The van der Waals surface area contributed by atoms with Crippen molar-refractivity contribution < 1.29 is 9.26 Å². The van der Waals surface area contributed by atoms with Crippen molar-refractivity contribution >= 4 is 35.6 Å². The average Bonchev–Trinajstić information content (AvgIpc) is 2.95. The molecule has 0 atom stereocenters. The summed E-state index contributed by atoms with van der Waals surface area (Å²) < 4.78 is 10.3. The quantitative estimate of drug-likeness (QED) is 0.439. The fraction of sp³-hybridized carbons (Fsp3) is 0.400. The number of hydrogen-bond donors (Lipinski definition) is 2. The first kappa shape index (κ1) is 19.2. The van der Waals surface area contributed by atoms with Crippen LogP contribution in [0.25, 0.3) is 0 Å². The highest BCUT2D eigenvalue weighted by atomic mass is 127. The standard InChI is InChI=1S/C15H21N5O2.HI/c1-15(2,3)13-19-12(20-22-13)9-17-14(16)18-10-5-7-11(21-4)8-6-10;/h5-8H,9H2,1-4H3,(H3,16,17,18);1H. The summed E-state index contributed by atoms with van der Waals surface area (Å²) in [5.74, 6) is 2.15. The maximum atomic E-state index is 5.84. The molecule has 0 aliphatic rings. The van der Waals surface area contributed by atoms with Crippen LogP contribution in [-0.2, 0) is 12.0 Å². The third kappa shape index (κ3) is 5.70. The first-order valence-corrected chi connectivity index (χ1v) is 6.92. The van der Waals surface area contributed by atoms with Gasteiger partial charge in [-0.1, -0.05) is 25.9 Å². The van der Waals surface area contributed by atoms with Crippen LogP contribution in [0.15, 0.2) is 33.8 Å². The summed E-state index contributed by atoms with van der Waals surface area (Å²) in [6, 6.07) is 7.38. The van der Waals surface area contributed by atoms with Gasteiger partial charge in [-0.2, -0.15) is 4.98 Å². The summed E-state index contributed by atoms with van der Waals surface area (Å²) in [6.07, 6.45) is 0. The zero-order chi connectivity index (χ0) is 16.2. The van der Waals surface area contributed by atoms with Gasteiger partial charge in [0.05, 0.1) is 7.11 Å². The molecule has 0 fully saturated rings. The Morgan fingerprint density at radius 3 is 2.48 bits per heavy atom. The van der Waals surface area contributed by atoms with Gasteiger partial charge in [0.15, 0.2) is 11.8 Å². The van der Waals surface area contributed by atoms with Crippen molar-refractivity contribution in [2.24, 2.45) is 10.7 Å². The van der Waals surface area contributed by atoms with Gasteiger partial charge >= 0.3 is 0 Å². The number of nitrogens with zero attached hydrogens (tertiary/aromatic N) is 3. The van der Waals surface area contributed by atoms with Crippen LogP contribution in [0.3, 0.4) is 0 Å². The third-order valence-corrected chi connectivity index (χ3v) is 2.86. The Hall–Kier alpha value is -1.84. The van der Waals surface area contributed by atoms with Crippen molar-refractivity contribution in [3.8, 4) is 5.75 Å². The lowest BCUT2D eigenvalue weighted by Crippen LogP contribution is -2.22. The van der Waals surface area contributed by atoms with Crippen molar-refractivity contribution in [1.29, 1.82) is 0 Å². The summed E-state index contributed by atoms with van der Waals surface area (Å²) in [7, 11) is 1.62. The van der Waals surface area contributed by atoms with Crippen LogP contribution >= 0.6 is 24.0 Å². The molecule has 3 N–H and O–H groups in total. The molecule has 8 heteroatoms. The molecule has 1 aromatic heterocycles. The highest BCUT2D eigenvalue weighted by molar-refractivity contribution is 14.0. The van der Waals surface area contributed by atoms with Crippen LogP contribution in [-0.4, -0.2) is 23.2 Å². The van der Waals surface area contributed by atoms with Crippen LogP contribution in [0.1, 0.15) is 32.5 Å². The Kier molecular flexibility index (Phi) is 6.79. The molecular formula is C15H22IN5O2. The number of anilines is 1. The summed E-state index contributed by atoms with van der Waals surface area (Å²) in [5.41, 5.74) is 6.48. The van der Waals surface area contributed by atoms with Gasteiger partial charge in [-0.3, -0.25) is 0 Å². The Labute approximate surface area is 152 Å². The van der Waals surface area contributed by atoms with E-state index in [0.29, 0.717) is 11.7 Å². The Morgan fingerprint density at radius 2 is 1.96 bits per heavy atom. The van der Waals surface area contributed by atoms with Gasteiger partial charge in [0.2, 0.25) is 5.89 Å². The monoisotopic (exact) mass is 431 g/mol. The molecule has 0 unspecified atom stereocenters. The minimum absolute atomic E-state index is 0. The van der Waals surface area contributed by atoms with E-state index < -0.39 is 0 Å². The number of nitrogens with one attached hydrogen (secondary N) is 1. The molecule has 1 aromatic carbocycles. The smallest absolute Gasteiger partial charge is 0.232 e. The molecule has 0 amide bonds. The van der Waals surface area contributed by atoms with Gasteiger partial charge in [-0.05, 0) is 24.3 Å². The van der Waals surface area contributed by atoms with Gasteiger partial charge in [0.25, 0.3) is 0 Å². The van der Waals surface area contributed by atoms with Gasteiger partial charge < -0.3 is 20.3 Å². The summed E-state index contributed by atoms with van der Waals surface area (Å²) in [4.78, 5) is 8.49. The Bertz CT molecular complexity index is 647. The van der Waals surface area contributed by atoms with E-state index in [9.17, 15) is 0 Å². The van der Waals surface area contributed by atoms with Crippen LogP contribution in [0.4, 0.5) is 5.69 Å². The number of nitrogens with two attached hydrogens (primary N) is 1. The fourth-order valence-electron chi connectivity index (χ4n) is 1.64. The maximum Gasteiger partial charge on any atom is 0.232 e. The minimum atomic E-state index is -0.179. The van der Waals surface area contributed by atoms with Gasteiger partial charge in [-0.25, -0.2) is 4.99 Å². The van der Waals surface area contributed by atoms with Crippen molar-refractivity contribution in [1.82, 2.24) is 10.1 Å². The first-order valence-electron chi connectivity index (χ1n) is 6.92. The topological polar surface area (TPSA) is 98.6 Å². The third-order valence-electron chi connectivity index (χ3n) is 2.86. The fourth-order valence-corrected chi connectivity index (χ4v) is 1.64. The first-order chi connectivity index (χ1) is 10.4. The van der Waals surface area contributed by atoms with Crippen molar-refractivity contribution in [3.63, 3.8) is 0 Å². The number of aromatic nitrogens is 2. The van der Waals surface area contributed by atoms with E-state index in [1.165, 1.54) is 0 Å². The molecular weight excluding hydrogens is 409 g/mol. The van der Waals surface area contributed by atoms with Crippen LogP contribution < -0.4 is 15.8 Å². The summed E-state index contributed by atoms with van der Waals surface area (Å²) >= 11 is 0. The molecule has 0 saturated carbocycles. The van der Waals surface area contributed by atoms with Gasteiger partial charge in [-0.15, -0.1) is 24.0 Å². The SMILES string of the molecule is COc1ccc(NC(N)=NCc2noc(C(C)(C)C)n2)cc1.I. The minimum Gasteiger partial charge on any atom is -0.497 e. The lowest BCUT2D eigenvalue weighted by Gasteiger charge is -2.10. The summed E-state index contributed by atoms with van der Waals surface area (Å²) in [5, 5.41) is 6.88. The molecule has 0 radical (unpaired) electrons. The number of aliphatic imine (C=N–C) groups is 1. The number of ether oxygens (including phenoxy) is 1. The van der Waals surface area contributed by atoms with E-state index in [2.05, 4.69) is 20.4 Å². The number of benzene rings is 1. The number of guanidine groups is 1. The second kappa shape index (κ2) is 8.14. The molecule has 2 rings (SSSR count). The molecule has 2 aromatic rings. The predicted molar refractivity (Wildman–Crippen MR) is 100 cm³/mol. The van der Waals surface area contributed by atoms with E-state index in [1.807, 2.05) is 45.0 Å². The van der Waals surface area contributed by atoms with E-state index in [4.69, 9.17) is 15.0 Å². The van der Waals surface area contributed by atoms with Crippen molar-refractivity contribution in [2.75, 3.05) is 12.4 Å². The molecule has 0 spiro atoms. The highest BCUT2D eigenvalue weighted by Crippen LogP contribution is 2.19. The maximum absolute atomic E-state index is 5.84. The average molecular weight is 431 g/mol. The van der Waals surface area contributed by atoms with Gasteiger partial charge in [0.1, 0.15) is 12.3 Å². The van der Waals surface area contributed by atoms with Crippen LogP contribution in [0.2, 0.25) is 0 Å². The van der Waals surface area contributed by atoms with Crippen molar-refractivity contribution in [2.45, 2.75) is 32.7 Å². The Morgan fingerprint density at radius 1 is 1.30 bits per heavy atom. The van der Waals surface area contributed by atoms with E-state index in [-0.39, 0.29) is 41.9 Å². The lowest BCUT2D eigenvalue weighted by atomic mass is 9.97. The van der Waals surface area contributed by atoms with Crippen LogP contribution in [0.5, 0.6) is 5.75 Å². The second-order valence-corrected chi connectivity index (χ2v) is 5.82. The molecule has 0 saturated heterocycles. The molecule has 0 aliphatic carbocycles. The number of rotatable bonds is 4. The van der Waals surface area contributed by atoms with E-state index in [1.54, 1.807) is 7.11 Å². The largest absolute Gasteiger partial charge is 0.497 e. The molecule has 0 bridgehead atoms. The second-order valence-electron chi connectivity index (χ2n) is 5.82. The number of hydrogen-bond acceptors (Lipinski definition) is 5. The molecule has 7 nitrogen and oxygen atoms in total. The lowest BCUT2D eigenvalue weighted by molar-refractivity contribution is 0.318. The Balaban J connectivity index is 0.00000264. The predicted octanol–water partition coefficient (Wildman–Crippen LogP) is 2.92. The van der Waals surface area contributed by atoms with E-state index >= 15 is 0 Å². The zero-order valence-electron chi connectivity index (χ0n) is 13.7. The zero-order valence-corrected chi connectivity index (χ0v) is 16.0. The molecule has 126 valence electrons. The van der Waals surface area contributed by atoms with Crippen molar-refractivity contribution in [3.05, 3.63) is 36.0 Å². The van der Waals surface area contributed by atoms with Crippen LogP contribution in [0, 0.1) is 0 Å². The number of methoxy groups -OCH3 is 1. The molecule has 1 heterocycles. The molecule has 23 heavy (non-hydrogen) atoms. The molecule has 0 aliphatic heterocycles. The van der Waals surface area contributed by atoms with E-state index in [0.717, 1.165) is 11.4 Å². The highest BCUT2D eigenvalue weighted by Gasteiger charge is 2.21. The normalized spacial score (nSPS) is 11.7. The number of halogens is 1. The summed E-state index contributed by atoms with van der Waals surface area (Å²) in [6.45, 7) is 6.28.